The van der Waals surface area contributed by atoms with Gasteiger partial charge in [0.05, 0.1) is 25.9 Å². The summed E-state index contributed by atoms with van der Waals surface area (Å²) in [6.07, 6.45) is 1.41. The normalized spacial score (nSPS) is 21.6. The van der Waals surface area contributed by atoms with Crippen molar-refractivity contribution in [2.45, 2.75) is 95.8 Å². The SMILES string of the molecule is COC(=O)[C@H](Cc1ccccc1)NC(=O)NCc1ccc([C@@H]2O[C@H](CN3CCC[C@H]3C(=O)OC(C)(C)C)C[C@H](c3ccc(CO)cc3)O2)cc1. The minimum atomic E-state index is -0.828. The van der Waals surface area contributed by atoms with Gasteiger partial charge in [-0.3, -0.25) is 9.69 Å². The van der Waals surface area contributed by atoms with Crippen LogP contribution in [0.25, 0.3) is 0 Å². The van der Waals surface area contributed by atoms with E-state index in [9.17, 15) is 19.5 Å². The number of urea groups is 1. The van der Waals surface area contributed by atoms with Crippen molar-refractivity contribution >= 4 is 18.0 Å². The van der Waals surface area contributed by atoms with E-state index in [-0.39, 0.29) is 37.4 Å². The van der Waals surface area contributed by atoms with Crippen LogP contribution in [-0.4, -0.2) is 72.0 Å². The molecule has 50 heavy (non-hydrogen) atoms. The van der Waals surface area contributed by atoms with E-state index >= 15 is 0 Å². The van der Waals surface area contributed by atoms with E-state index in [0.29, 0.717) is 19.4 Å². The van der Waals surface area contributed by atoms with E-state index < -0.39 is 29.9 Å². The molecule has 2 aliphatic rings. The summed E-state index contributed by atoms with van der Waals surface area (Å²) in [6, 6.07) is 23.2. The number of aliphatic hydroxyl groups is 1. The summed E-state index contributed by atoms with van der Waals surface area (Å²) < 4.78 is 23.7. The third kappa shape index (κ3) is 10.4. The average molecular weight is 688 g/mol. The van der Waals surface area contributed by atoms with Crippen molar-refractivity contribution in [3.8, 4) is 0 Å². The summed E-state index contributed by atoms with van der Waals surface area (Å²) in [5, 5.41) is 15.1. The maximum absolute atomic E-state index is 13.0. The van der Waals surface area contributed by atoms with Gasteiger partial charge in [0, 0.05) is 31.5 Å². The number of carbonyl (C=O) groups is 3. The second-order valence-electron chi connectivity index (χ2n) is 13.9. The largest absolute Gasteiger partial charge is 0.467 e. The first-order valence-electron chi connectivity index (χ1n) is 17.2. The van der Waals surface area contributed by atoms with Gasteiger partial charge in [0.25, 0.3) is 0 Å². The summed E-state index contributed by atoms with van der Waals surface area (Å²) in [6.45, 7) is 7.19. The van der Waals surface area contributed by atoms with Gasteiger partial charge in [0.2, 0.25) is 0 Å². The molecule has 2 amide bonds. The third-order valence-corrected chi connectivity index (χ3v) is 8.87. The number of methoxy groups -OCH3 is 1. The summed E-state index contributed by atoms with van der Waals surface area (Å²) >= 11 is 0. The third-order valence-electron chi connectivity index (χ3n) is 8.87. The van der Waals surface area contributed by atoms with Gasteiger partial charge in [-0.25, -0.2) is 9.59 Å². The van der Waals surface area contributed by atoms with Crippen LogP contribution in [0.1, 0.15) is 80.2 Å². The number of carbonyl (C=O) groups excluding carboxylic acids is 3. The number of nitrogens with one attached hydrogen (secondary N) is 2. The standard InChI is InChI=1S/C39H49N3O8/c1-39(2,3)50-36(45)33-11-8-20-42(33)24-31-22-34(29-16-14-28(25-43)15-17-29)49-37(48-31)30-18-12-27(13-19-30)23-40-38(46)41-32(35(44)47-4)21-26-9-6-5-7-10-26/h5-7,9-10,12-19,31-34,37,43H,8,11,20-25H2,1-4H3,(H2,40,41,46)/t31-,32-,33-,34+,37+/m0/s1. The predicted octanol–water partition coefficient (Wildman–Crippen LogP) is 5.11. The number of esters is 2. The van der Waals surface area contributed by atoms with Crippen LogP contribution >= 0.6 is 0 Å². The Bertz CT molecular complexity index is 1560. The number of ether oxygens (including phenoxy) is 4. The van der Waals surface area contributed by atoms with E-state index in [1.807, 2.05) is 99.6 Å². The van der Waals surface area contributed by atoms with Gasteiger partial charge in [-0.15, -0.1) is 0 Å². The van der Waals surface area contributed by atoms with Crippen molar-refractivity contribution < 1.29 is 38.4 Å². The van der Waals surface area contributed by atoms with Crippen LogP contribution in [0.15, 0.2) is 78.9 Å². The Labute approximate surface area is 294 Å². The Kier molecular flexibility index (Phi) is 12.6. The van der Waals surface area contributed by atoms with Gasteiger partial charge in [-0.05, 0) is 62.4 Å². The lowest BCUT2D eigenvalue weighted by Crippen LogP contribution is -2.47. The van der Waals surface area contributed by atoms with Crippen LogP contribution < -0.4 is 10.6 Å². The quantitative estimate of drug-likeness (QED) is 0.222. The smallest absolute Gasteiger partial charge is 0.328 e. The topological polar surface area (TPSA) is 136 Å². The Morgan fingerprint density at radius 1 is 0.920 bits per heavy atom. The fourth-order valence-corrected chi connectivity index (χ4v) is 6.35. The number of aliphatic hydroxyl groups excluding tert-OH is 1. The van der Waals surface area contributed by atoms with Crippen LogP contribution in [0, 0.1) is 0 Å². The first-order chi connectivity index (χ1) is 24.0. The minimum Gasteiger partial charge on any atom is -0.467 e. The number of likely N-dealkylation sites (tertiary alicyclic amines) is 1. The van der Waals surface area contributed by atoms with E-state index in [1.54, 1.807) is 0 Å². The molecular weight excluding hydrogens is 638 g/mol. The number of amides is 2. The number of hydrogen-bond donors (Lipinski definition) is 3. The molecule has 0 aliphatic carbocycles. The molecule has 0 aromatic heterocycles. The lowest BCUT2D eigenvalue weighted by molar-refractivity contribution is -0.253. The second kappa shape index (κ2) is 17.1. The van der Waals surface area contributed by atoms with Gasteiger partial charge in [0.1, 0.15) is 17.7 Å². The zero-order chi connectivity index (χ0) is 35.7. The molecule has 3 aromatic carbocycles. The predicted molar refractivity (Wildman–Crippen MR) is 187 cm³/mol. The summed E-state index contributed by atoms with van der Waals surface area (Å²) in [4.78, 5) is 40.3. The van der Waals surface area contributed by atoms with Crippen molar-refractivity contribution in [2.75, 3.05) is 20.2 Å². The number of hydrogen-bond acceptors (Lipinski definition) is 9. The highest BCUT2D eigenvalue weighted by atomic mass is 16.7. The molecule has 0 bridgehead atoms. The molecule has 268 valence electrons. The van der Waals surface area contributed by atoms with Gasteiger partial charge >= 0.3 is 18.0 Å². The fourth-order valence-electron chi connectivity index (χ4n) is 6.35. The van der Waals surface area contributed by atoms with Gasteiger partial charge in [0.15, 0.2) is 6.29 Å². The second-order valence-corrected chi connectivity index (χ2v) is 13.9. The summed E-state index contributed by atoms with van der Waals surface area (Å²) in [5.74, 6) is -0.725. The molecule has 2 saturated heterocycles. The molecule has 0 spiro atoms. The molecule has 5 rings (SSSR count). The van der Waals surface area contributed by atoms with E-state index in [1.165, 1.54) is 7.11 Å². The van der Waals surface area contributed by atoms with Crippen LogP contribution in [0.5, 0.6) is 0 Å². The van der Waals surface area contributed by atoms with Gasteiger partial charge in [-0.2, -0.15) is 0 Å². The highest BCUT2D eigenvalue weighted by molar-refractivity contribution is 5.83. The van der Waals surface area contributed by atoms with Crippen molar-refractivity contribution in [3.63, 3.8) is 0 Å². The molecule has 0 radical (unpaired) electrons. The number of rotatable bonds is 12. The molecule has 0 unspecified atom stereocenters. The zero-order valence-electron chi connectivity index (χ0n) is 29.3. The molecule has 0 saturated carbocycles. The highest BCUT2D eigenvalue weighted by Gasteiger charge is 2.39. The van der Waals surface area contributed by atoms with E-state index in [4.69, 9.17) is 18.9 Å². The fraction of sp³-hybridized carbons (Fsp3) is 0.462. The van der Waals surface area contributed by atoms with Crippen LogP contribution in [0.4, 0.5) is 4.79 Å². The maximum atomic E-state index is 13.0. The first-order valence-corrected chi connectivity index (χ1v) is 17.2. The highest BCUT2D eigenvalue weighted by Crippen LogP contribution is 2.39. The number of benzene rings is 3. The Hall–Kier alpha value is -4.29. The molecule has 5 atom stereocenters. The molecule has 11 nitrogen and oxygen atoms in total. The summed E-state index contributed by atoms with van der Waals surface area (Å²) in [7, 11) is 1.30. The van der Waals surface area contributed by atoms with E-state index in [0.717, 1.165) is 47.2 Å². The average Bonchev–Trinajstić information content (AvgIpc) is 3.58. The van der Waals surface area contributed by atoms with Crippen molar-refractivity contribution in [1.29, 1.82) is 0 Å². The van der Waals surface area contributed by atoms with Crippen LogP contribution in [0.3, 0.4) is 0 Å². The first kappa shape index (κ1) is 37.0. The Balaban J connectivity index is 1.24. The van der Waals surface area contributed by atoms with Crippen molar-refractivity contribution in [3.05, 3.63) is 107 Å². The number of nitrogens with zero attached hydrogens (tertiary/aromatic N) is 1. The lowest BCUT2D eigenvalue weighted by atomic mass is 9.99. The van der Waals surface area contributed by atoms with Crippen LogP contribution in [0.2, 0.25) is 0 Å². The molecule has 3 aromatic rings. The molecule has 2 aliphatic heterocycles. The Morgan fingerprint density at radius 2 is 1.60 bits per heavy atom. The van der Waals surface area contributed by atoms with Gasteiger partial charge < -0.3 is 34.7 Å². The van der Waals surface area contributed by atoms with Crippen molar-refractivity contribution in [2.24, 2.45) is 0 Å². The molecule has 3 N–H and O–H groups in total. The monoisotopic (exact) mass is 687 g/mol. The maximum Gasteiger partial charge on any atom is 0.328 e. The van der Waals surface area contributed by atoms with Crippen LogP contribution in [-0.2, 0) is 48.1 Å². The lowest BCUT2D eigenvalue weighted by Gasteiger charge is -2.38. The zero-order valence-corrected chi connectivity index (χ0v) is 29.3. The summed E-state index contributed by atoms with van der Waals surface area (Å²) in [5.41, 5.74) is 3.81. The van der Waals surface area contributed by atoms with E-state index in [2.05, 4.69) is 15.5 Å². The Morgan fingerprint density at radius 3 is 2.26 bits per heavy atom. The molecule has 2 heterocycles. The van der Waals surface area contributed by atoms with Gasteiger partial charge in [-0.1, -0.05) is 78.9 Å². The molecular formula is C39H49N3O8. The molecule has 11 heteroatoms. The molecule has 2 fully saturated rings. The minimum absolute atomic E-state index is 0.0381. The van der Waals surface area contributed by atoms with Crippen molar-refractivity contribution in [1.82, 2.24) is 15.5 Å².